The van der Waals surface area contributed by atoms with E-state index in [1.54, 1.807) is 0 Å². The first-order valence-corrected chi connectivity index (χ1v) is 9.35. The summed E-state index contributed by atoms with van der Waals surface area (Å²) < 4.78 is 16.0. The average molecular weight is 376 g/mol. The summed E-state index contributed by atoms with van der Waals surface area (Å²) in [5.41, 5.74) is 4.23. The molecule has 0 aliphatic rings. The number of hydrogen-bond donors (Lipinski definition) is 0. The molecule has 3 rings (SSSR count). The Balaban J connectivity index is 1.99. The molecule has 0 aliphatic carbocycles. The van der Waals surface area contributed by atoms with Gasteiger partial charge in [-0.25, -0.2) is 4.79 Å². The highest BCUT2D eigenvalue weighted by atomic mass is 16.5. The van der Waals surface area contributed by atoms with E-state index >= 15 is 0 Å². The lowest BCUT2D eigenvalue weighted by Gasteiger charge is -2.12. The molecule has 0 unspecified atom stereocenters. The van der Waals surface area contributed by atoms with Gasteiger partial charge in [-0.2, -0.15) is 0 Å². The van der Waals surface area contributed by atoms with E-state index in [9.17, 15) is 4.79 Å². The molecule has 0 radical (unpaired) electrons. The van der Waals surface area contributed by atoms with Gasteiger partial charge in [-0.15, -0.1) is 0 Å². The Hall–Kier alpha value is -3.27. The predicted molar refractivity (Wildman–Crippen MR) is 111 cm³/mol. The van der Waals surface area contributed by atoms with Gasteiger partial charge in [0, 0.05) is 0 Å². The first kappa shape index (κ1) is 19.5. The Labute approximate surface area is 165 Å². The normalized spacial score (nSPS) is 10.4. The Morgan fingerprint density at radius 2 is 1.21 bits per heavy atom. The third-order valence-corrected chi connectivity index (χ3v) is 4.40. The summed E-state index contributed by atoms with van der Waals surface area (Å²) in [6.45, 7) is 5.14. The molecule has 0 heterocycles. The molecule has 28 heavy (non-hydrogen) atoms. The topological polar surface area (TPSA) is 44.8 Å². The molecule has 0 saturated heterocycles. The molecule has 144 valence electrons. The van der Waals surface area contributed by atoms with Gasteiger partial charge in [0.1, 0.15) is 11.5 Å². The van der Waals surface area contributed by atoms with Crippen LogP contribution in [0.15, 0.2) is 66.7 Å². The predicted octanol–water partition coefficient (Wildman–Crippen LogP) is 5.60. The summed E-state index contributed by atoms with van der Waals surface area (Å²) in [6.07, 6.45) is 0. The van der Waals surface area contributed by atoms with Crippen molar-refractivity contribution in [3.63, 3.8) is 0 Å². The molecule has 0 atom stereocenters. The van der Waals surface area contributed by atoms with E-state index in [0.717, 1.165) is 33.8 Å². The van der Waals surface area contributed by atoms with Crippen molar-refractivity contribution in [2.24, 2.45) is 0 Å². The van der Waals surface area contributed by atoms with Gasteiger partial charge in [0.2, 0.25) is 0 Å². The lowest BCUT2D eigenvalue weighted by atomic mass is 9.95. The number of methoxy groups -OCH3 is 1. The summed E-state index contributed by atoms with van der Waals surface area (Å²) in [6, 6.07) is 21.4. The van der Waals surface area contributed by atoms with Gasteiger partial charge < -0.3 is 14.2 Å². The molecule has 0 N–H and O–H groups in total. The van der Waals surface area contributed by atoms with Gasteiger partial charge in [-0.1, -0.05) is 36.4 Å². The number of ether oxygens (including phenoxy) is 3. The first-order chi connectivity index (χ1) is 13.7. The van der Waals surface area contributed by atoms with Gasteiger partial charge >= 0.3 is 5.97 Å². The second-order valence-corrected chi connectivity index (χ2v) is 6.17. The Bertz CT molecular complexity index is 928. The number of rotatable bonds is 7. The molecule has 0 saturated carbocycles. The minimum Gasteiger partial charge on any atom is -0.494 e. The fourth-order valence-corrected chi connectivity index (χ4v) is 3.06. The number of carbonyl (C=O) groups is 1. The minimum atomic E-state index is -0.364. The van der Waals surface area contributed by atoms with Crippen molar-refractivity contribution in [2.75, 3.05) is 20.3 Å². The maximum atomic E-state index is 12.4. The third-order valence-electron chi connectivity index (χ3n) is 4.40. The standard InChI is InChI=1S/C24H24O4/c1-4-27-20-11-6-17(7-12-20)19-10-15-22(23(16-19)24(25)26-3)18-8-13-21(14-9-18)28-5-2/h6-16H,4-5H2,1-3H3. The van der Waals surface area contributed by atoms with E-state index in [0.29, 0.717) is 18.8 Å². The number of esters is 1. The molecule has 0 spiro atoms. The summed E-state index contributed by atoms with van der Waals surface area (Å²) in [4.78, 5) is 12.4. The van der Waals surface area contributed by atoms with Crippen molar-refractivity contribution < 1.29 is 19.0 Å². The maximum Gasteiger partial charge on any atom is 0.338 e. The summed E-state index contributed by atoms with van der Waals surface area (Å²) in [7, 11) is 1.40. The highest BCUT2D eigenvalue weighted by molar-refractivity contribution is 5.98. The highest BCUT2D eigenvalue weighted by Gasteiger charge is 2.15. The minimum absolute atomic E-state index is 0.364. The van der Waals surface area contributed by atoms with Crippen molar-refractivity contribution >= 4 is 5.97 Å². The highest BCUT2D eigenvalue weighted by Crippen LogP contribution is 2.31. The van der Waals surface area contributed by atoms with Gasteiger partial charge in [-0.3, -0.25) is 0 Å². The van der Waals surface area contributed by atoms with Crippen LogP contribution in [0, 0.1) is 0 Å². The molecule has 4 nitrogen and oxygen atoms in total. The third kappa shape index (κ3) is 4.34. The van der Waals surface area contributed by atoms with Gasteiger partial charge in [0.15, 0.2) is 0 Å². The van der Waals surface area contributed by atoms with Crippen molar-refractivity contribution in [3.8, 4) is 33.8 Å². The van der Waals surface area contributed by atoms with Gasteiger partial charge in [0.05, 0.1) is 25.9 Å². The van der Waals surface area contributed by atoms with Gasteiger partial charge in [0.25, 0.3) is 0 Å². The van der Waals surface area contributed by atoms with E-state index in [4.69, 9.17) is 14.2 Å². The van der Waals surface area contributed by atoms with Crippen molar-refractivity contribution in [1.82, 2.24) is 0 Å². The zero-order chi connectivity index (χ0) is 19.9. The summed E-state index contributed by atoms with van der Waals surface area (Å²) in [5.74, 6) is 1.26. The molecule has 0 fully saturated rings. The molecule has 0 amide bonds. The SMILES string of the molecule is CCOc1ccc(-c2ccc(-c3ccc(OCC)cc3)c(C(=O)OC)c2)cc1. The molecular formula is C24H24O4. The van der Waals surface area contributed by atoms with Gasteiger partial charge in [-0.05, 0) is 66.4 Å². The molecule has 3 aromatic rings. The molecular weight excluding hydrogens is 352 g/mol. The molecule has 0 bridgehead atoms. The van der Waals surface area contributed by atoms with Crippen LogP contribution in [0.2, 0.25) is 0 Å². The quantitative estimate of drug-likeness (QED) is 0.503. The van der Waals surface area contributed by atoms with Crippen LogP contribution < -0.4 is 9.47 Å². The van der Waals surface area contributed by atoms with Crippen LogP contribution in [0.25, 0.3) is 22.3 Å². The largest absolute Gasteiger partial charge is 0.494 e. The van der Waals surface area contributed by atoms with Crippen molar-refractivity contribution in [2.45, 2.75) is 13.8 Å². The first-order valence-electron chi connectivity index (χ1n) is 9.35. The van der Waals surface area contributed by atoms with Crippen molar-refractivity contribution in [1.29, 1.82) is 0 Å². The van der Waals surface area contributed by atoms with E-state index in [2.05, 4.69) is 0 Å². The van der Waals surface area contributed by atoms with E-state index in [1.807, 2.05) is 80.6 Å². The Morgan fingerprint density at radius 3 is 1.71 bits per heavy atom. The van der Waals surface area contributed by atoms with Crippen LogP contribution in [-0.2, 0) is 4.74 Å². The molecule has 0 aromatic heterocycles. The zero-order valence-electron chi connectivity index (χ0n) is 16.4. The van der Waals surface area contributed by atoms with Crippen LogP contribution in [0.3, 0.4) is 0 Å². The molecule has 4 heteroatoms. The van der Waals surface area contributed by atoms with E-state index in [1.165, 1.54) is 7.11 Å². The Morgan fingerprint density at radius 1 is 0.714 bits per heavy atom. The number of benzene rings is 3. The van der Waals surface area contributed by atoms with Crippen LogP contribution in [0.1, 0.15) is 24.2 Å². The molecule has 3 aromatic carbocycles. The number of carbonyl (C=O) groups excluding carboxylic acids is 1. The maximum absolute atomic E-state index is 12.4. The molecule has 0 aliphatic heterocycles. The second-order valence-electron chi connectivity index (χ2n) is 6.17. The zero-order valence-corrected chi connectivity index (χ0v) is 16.4. The summed E-state index contributed by atoms with van der Waals surface area (Å²) >= 11 is 0. The van der Waals surface area contributed by atoms with E-state index < -0.39 is 0 Å². The lowest BCUT2D eigenvalue weighted by molar-refractivity contribution is 0.0601. The van der Waals surface area contributed by atoms with Crippen molar-refractivity contribution in [3.05, 3.63) is 72.3 Å². The fraction of sp³-hybridized carbons (Fsp3) is 0.208. The van der Waals surface area contributed by atoms with Crippen LogP contribution >= 0.6 is 0 Å². The average Bonchev–Trinajstić information content (AvgIpc) is 2.74. The van der Waals surface area contributed by atoms with Crippen LogP contribution in [0.4, 0.5) is 0 Å². The Kier molecular flexibility index (Phi) is 6.33. The van der Waals surface area contributed by atoms with Crippen LogP contribution in [-0.4, -0.2) is 26.3 Å². The smallest absolute Gasteiger partial charge is 0.338 e. The second kappa shape index (κ2) is 9.09. The summed E-state index contributed by atoms with van der Waals surface area (Å²) in [5, 5.41) is 0. The number of hydrogen-bond acceptors (Lipinski definition) is 4. The lowest BCUT2D eigenvalue weighted by Crippen LogP contribution is -2.04. The monoisotopic (exact) mass is 376 g/mol. The van der Waals surface area contributed by atoms with Crippen LogP contribution in [0.5, 0.6) is 11.5 Å². The van der Waals surface area contributed by atoms with E-state index in [-0.39, 0.29) is 5.97 Å². The fourth-order valence-electron chi connectivity index (χ4n) is 3.06.